The van der Waals surface area contributed by atoms with E-state index in [1.807, 2.05) is 13.8 Å². The number of nitrogens with zero attached hydrogens (tertiary/aromatic N) is 3. The normalized spacial score (nSPS) is 21.0. The number of aromatic amines is 1. The van der Waals surface area contributed by atoms with E-state index in [1.54, 1.807) is 23.3 Å². The second kappa shape index (κ2) is 6.21. The van der Waals surface area contributed by atoms with Crippen LogP contribution >= 0.6 is 0 Å². The third kappa shape index (κ3) is 2.98. The fraction of sp³-hybridized carbons (Fsp3) is 0.533. The average Bonchev–Trinajstić information content (AvgIpc) is 3.22. The molecule has 0 bridgehead atoms. The maximum Gasteiger partial charge on any atom is 0.255 e. The lowest BCUT2D eigenvalue weighted by Gasteiger charge is -2.21. The summed E-state index contributed by atoms with van der Waals surface area (Å²) in [6.07, 6.45) is 8.05. The summed E-state index contributed by atoms with van der Waals surface area (Å²) in [5.74, 6) is 0.631. The van der Waals surface area contributed by atoms with Crippen molar-refractivity contribution in [2.45, 2.75) is 51.8 Å². The van der Waals surface area contributed by atoms with Crippen LogP contribution < -0.4 is 10.1 Å². The van der Waals surface area contributed by atoms with Crippen LogP contribution in [0.4, 0.5) is 0 Å². The molecule has 118 valence electrons. The summed E-state index contributed by atoms with van der Waals surface area (Å²) in [5.41, 5.74) is 1.39. The Labute approximate surface area is 129 Å². The smallest absolute Gasteiger partial charge is 0.255 e. The highest BCUT2D eigenvalue weighted by Crippen LogP contribution is 2.24. The van der Waals surface area contributed by atoms with Gasteiger partial charge >= 0.3 is 0 Å². The third-order valence-corrected chi connectivity index (χ3v) is 4.04. The standard InChI is InChI=1S/C15H21N5O2/c1-3-20-9-12(10(2)19-20)15(21)18-13-5-4-6-14(13)22-11-7-16-17-8-11/h7-9,13-14H,3-6H2,1-2H3,(H,16,17)(H,18,21)/t13-,14+/m0/s1. The molecule has 1 amide bonds. The lowest BCUT2D eigenvalue weighted by Crippen LogP contribution is -2.42. The summed E-state index contributed by atoms with van der Waals surface area (Å²) >= 11 is 0. The second-order valence-electron chi connectivity index (χ2n) is 5.59. The van der Waals surface area contributed by atoms with Gasteiger partial charge < -0.3 is 10.1 Å². The molecule has 2 heterocycles. The third-order valence-electron chi connectivity index (χ3n) is 4.04. The molecule has 2 aromatic rings. The Hall–Kier alpha value is -2.31. The second-order valence-corrected chi connectivity index (χ2v) is 5.59. The average molecular weight is 303 g/mol. The minimum Gasteiger partial charge on any atom is -0.485 e. The first-order chi connectivity index (χ1) is 10.7. The molecule has 7 heteroatoms. The first-order valence-corrected chi connectivity index (χ1v) is 7.67. The molecule has 2 aromatic heterocycles. The zero-order chi connectivity index (χ0) is 15.5. The van der Waals surface area contributed by atoms with Crippen LogP contribution in [0.5, 0.6) is 5.75 Å². The fourth-order valence-corrected chi connectivity index (χ4v) is 2.86. The van der Waals surface area contributed by atoms with Crippen LogP contribution in [0.15, 0.2) is 18.6 Å². The van der Waals surface area contributed by atoms with Crippen LogP contribution in [0.3, 0.4) is 0 Å². The molecule has 0 spiro atoms. The predicted molar refractivity (Wildman–Crippen MR) is 80.7 cm³/mol. The quantitative estimate of drug-likeness (QED) is 0.880. The molecule has 22 heavy (non-hydrogen) atoms. The van der Waals surface area contributed by atoms with Gasteiger partial charge in [-0.3, -0.25) is 14.6 Å². The number of ether oxygens (including phenoxy) is 1. The fourth-order valence-electron chi connectivity index (χ4n) is 2.86. The Morgan fingerprint density at radius 3 is 3.09 bits per heavy atom. The van der Waals surface area contributed by atoms with Gasteiger partial charge in [0.25, 0.3) is 5.91 Å². The number of nitrogens with one attached hydrogen (secondary N) is 2. The van der Waals surface area contributed by atoms with Crippen LogP contribution in [-0.2, 0) is 6.54 Å². The Kier molecular flexibility index (Phi) is 4.13. The SMILES string of the molecule is CCn1cc(C(=O)N[C@H]2CCC[C@H]2Oc2cn[nH]c2)c(C)n1. The van der Waals surface area contributed by atoms with Crippen LogP contribution in [0, 0.1) is 6.92 Å². The largest absolute Gasteiger partial charge is 0.485 e. The number of amides is 1. The summed E-state index contributed by atoms with van der Waals surface area (Å²) in [7, 11) is 0. The van der Waals surface area contributed by atoms with Crippen molar-refractivity contribution < 1.29 is 9.53 Å². The lowest BCUT2D eigenvalue weighted by atomic mass is 10.2. The van der Waals surface area contributed by atoms with E-state index in [-0.39, 0.29) is 18.1 Å². The number of carbonyl (C=O) groups excluding carboxylic acids is 1. The molecule has 1 aliphatic rings. The highest BCUT2D eigenvalue weighted by atomic mass is 16.5. The van der Waals surface area contributed by atoms with E-state index in [4.69, 9.17) is 4.74 Å². The highest BCUT2D eigenvalue weighted by Gasteiger charge is 2.31. The Morgan fingerprint density at radius 2 is 2.41 bits per heavy atom. The van der Waals surface area contributed by atoms with E-state index in [9.17, 15) is 4.79 Å². The number of rotatable bonds is 5. The molecular weight excluding hydrogens is 282 g/mol. The number of aryl methyl sites for hydroxylation is 2. The van der Waals surface area contributed by atoms with E-state index in [2.05, 4.69) is 20.6 Å². The molecule has 0 unspecified atom stereocenters. The summed E-state index contributed by atoms with van der Waals surface area (Å²) in [4.78, 5) is 12.5. The van der Waals surface area contributed by atoms with E-state index in [1.165, 1.54) is 0 Å². The lowest BCUT2D eigenvalue weighted by molar-refractivity contribution is 0.0893. The van der Waals surface area contributed by atoms with Crippen molar-refractivity contribution in [2.24, 2.45) is 0 Å². The maximum absolute atomic E-state index is 12.5. The van der Waals surface area contributed by atoms with Crippen molar-refractivity contribution in [3.63, 3.8) is 0 Å². The molecule has 2 N–H and O–H groups in total. The molecule has 0 radical (unpaired) electrons. The monoisotopic (exact) mass is 303 g/mol. The van der Waals surface area contributed by atoms with Crippen molar-refractivity contribution in [1.29, 1.82) is 0 Å². The first kappa shape index (κ1) is 14.6. The van der Waals surface area contributed by atoms with E-state index in [0.29, 0.717) is 11.3 Å². The van der Waals surface area contributed by atoms with Gasteiger partial charge in [0.1, 0.15) is 6.10 Å². The zero-order valence-electron chi connectivity index (χ0n) is 12.9. The van der Waals surface area contributed by atoms with E-state index in [0.717, 1.165) is 31.5 Å². The molecule has 0 saturated heterocycles. The predicted octanol–water partition coefficient (Wildman–Crippen LogP) is 1.66. The van der Waals surface area contributed by atoms with Gasteiger partial charge in [0, 0.05) is 12.7 Å². The summed E-state index contributed by atoms with van der Waals surface area (Å²) < 4.78 is 7.67. The molecule has 1 fully saturated rings. The molecular formula is C15H21N5O2. The minimum atomic E-state index is -0.0788. The van der Waals surface area contributed by atoms with E-state index < -0.39 is 0 Å². The molecule has 1 saturated carbocycles. The van der Waals surface area contributed by atoms with Gasteiger partial charge in [-0.05, 0) is 33.1 Å². The number of carbonyl (C=O) groups is 1. The van der Waals surface area contributed by atoms with Gasteiger partial charge in [0.05, 0.1) is 29.7 Å². The summed E-state index contributed by atoms with van der Waals surface area (Å²) in [6, 6.07) is 0.0202. The van der Waals surface area contributed by atoms with Crippen molar-refractivity contribution in [2.75, 3.05) is 0 Å². The van der Waals surface area contributed by atoms with Crippen molar-refractivity contribution in [3.8, 4) is 5.75 Å². The first-order valence-electron chi connectivity index (χ1n) is 7.67. The minimum absolute atomic E-state index is 0.0110. The molecule has 2 atom stereocenters. The van der Waals surface area contributed by atoms with Crippen LogP contribution in [-0.4, -0.2) is 38.0 Å². The molecule has 0 aromatic carbocycles. The Bertz CT molecular complexity index is 634. The van der Waals surface area contributed by atoms with Crippen molar-refractivity contribution in [1.82, 2.24) is 25.3 Å². The number of aromatic nitrogens is 4. The van der Waals surface area contributed by atoms with Crippen LogP contribution in [0.25, 0.3) is 0 Å². The van der Waals surface area contributed by atoms with Gasteiger partial charge in [-0.2, -0.15) is 10.2 Å². The van der Waals surface area contributed by atoms with Gasteiger partial charge in [-0.1, -0.05) is 0 Å². The molecule has 0 aliphatic heterocycles. The molecule has 3 rings (SSSR count). The van der Waals surface area contributed by atoms with Crippen LogP contribution in [0.1, 0.15) is 42.2 Å². The zero-order valence-corrected chi connectivity index (χ0v) is 12.9. The molecule has 7 nitrogen and oxygen atoms in total. The highest BCUT2D eigenvalue weighted by molar-refractivity contribution is 5.95. The number of hydrogen-bond acceptors (Lipinski definition) is 4. The van der Waals surface area contributed by atoms with Crippen LogP contribution in [0.2, 0.25) is 0 Å². The topological polar surface area (TPSA) is 84.8 Å². The Morgan fingerprint density at radius 1 is 1.55 bits per heavy atom. The summed E-state index contributed by atoms with van der Waals surface area (Å²) in [6.45, 7) is 4.61. The Balaban J connectivity index is 1.65. The van der Waals surface area contributed by atoms with Gasteiger partial charge in [0.15, 0.2) is 5.75 Å². The molecule has 1 aliphatic carbocycles. The van der Waals surface area contributed by atoms with Crippen molar-refractivity contribution >= 4 is 5.91 Å². The summed E-state index contributed by atoms with van der Waals surface area (Å²) in [5, 5.41) is 14.0. The van der Waals surface area contributed by atoms with E-state index >= 15 is 0 Å². The van der Waals surface area contributed by atoms with Gasteiger partial charge in [-0.25, -0.2) is 0 Å². The number of H-pyrrole nitrogens is 1. The maximum atomic E-state index is 12.5. The van der Waals surface area contributed by atoms with Crippen molar-refractivity contribution in [3.05, 3.63) is 29.8 Å². The van der Waals surface area contributed by atoms with Gasteiger partial charge in [0.2, 0.25) is 0 Å². The van der Waals surface area contributed by atoms with Gasteiger partial charge in [-0.15, -0.1) is 0 Å². The number of hydrogen-bond donors (Lipinski definition) is 2.